The van der Waals surface area contributed by atoms with E-state index in [1.807, 2.05) is 13.0 Å². The second kappa shape index (κ2) is 7.25. The third-order valence-corrected chi connectivity index (χ3v) is 4.95. The van der Waals surface area contributed by atoms with Gasteiger partial charge in [-0.3, -0.25) is 4.90 Å². The van der Waals surface area contributed by atoms with Gasteiger partial charge >= 0.3 is 0 Å². The molecule has 23 heavy (non-hydrogen) atoms. The maximum absolute atomic E-state index is 9.42. The maximum Gasteiger partial charge on any atom is 0.222 e. The van der Waals surface area contributed by atoms with Gasteiger partial charge in [-0.2, -0.15) is 16.3 Å². The van der Waals surface area contributed by atoms with Gasteiger partial charge in [0.25, 0.3) is 0 Å². The number of hydrogen-bond donors (Lipinski definition) is 2. The molecule has 3 heterocycles. The van der Waals surface area contributed by atoms with Crippen molar-refractivity contribution in [3.05, 3.63) is 34.2 Å². The smallest absolute Gasteiger partial charge is 0.222 e. The molecule has 0 aliphatic carbocycles. The van der Waals surface area contributed by atoms with Gasteiger partial charge in [-0.15, -0.1) is 0 Å². The van der Waals surface area contributed by atoms with E-state index in [0.29, 0.717) is 12.0 Å². The fraction of sp³-hybridized carbons (Fsp3) is 0.500. The normalized spacial score (nSPS) is 19.2. The Labute approximate surface area is 140 Å². The predicted octanol–water partition coefficient (Wildman–Crippen LogP) is 1.50. The van der Waals surface area contributed by atoms with E-state index in [4.69, 9.17) is 5.73 Å². The van der Waals surface area contributed by atoms with Crippen molar-refractivity contribution in [3.8, 4) is 0 Å². The summed E-state index contributed by atoms with van der Waals surface area (Å²) in [6, 6.07) is 4.45. The number of thiophene rings is 1. The van der Waals surface area contributed by atoms with Gasteiger partial charge in [0, 0.05) is 50.6 Å². The molecular weight excluding hydrogens is 310 g/mol. The molecule has 0 amide bonds. The lowest BCUT2D eigenvalue weighted by atomic mass is 10.1. The lowest BCUT2D eigenvalue weighted by Crippen LogP contribution is -2.53. The molecule has 7 heteroatoms. The van der Waals surface area contributed by atoms with Crippen LogP contribution in [0.1, 0.15) is 17.7 Å². The van der Waals surface area contributed by atoms with E-state index in [0.717, 1.165) is 44.1 Å². The van der Waals surface area contributed by atoms with Crippen LogP contribution in [0.3, 0.4) is 0 Å². The van der Waals surface area contributed by atoms with E-state index < -0.39 is 0 Å². The molecule has 0 radical (unpaired) electrons. The first-order chi connectivity index (χ1) is 11.2. The molecule has 1 saturated heterocycles. The molecule has 0 unspecified atom stereocenters. The Bertz CT molecular complexity index is 613. The summed E-state index contributed by atoms with van der Waals surface area (Å²) in [6.07, 6.45) is 0.764. The van der Waals surface area contributed by atoms with E-state index in [-0.39, 0.29) is 6.61 Å². The number of piperazine rings is 1. The second-order valence-corrected chi connectivity index (χ2v) is 6.72. The minimum absolute atomic E-state index is 0.198. The van der Waals surface area contributed by atoms with Crippen LogP contribution in [0.4, 0.5) is 11.8 Å². The summed E-state index contributed by atoms with van der Waals surface area (Å²) < 4.78 is 0. The van der Waals surface area contributed by atoms with Crippen LogP contribution in [0.5, 0.6) is 0 Å². The summed E-state index contributed by atoms with van der Waals surface area (Å²) in [7, 11) is 0. The number of nitrogen functional groups attached to an aromatic ring is 1. The van der Waals surface area contributed by atoms with Crippen molar-refractivity contribution in [2.75, 3.05) is 36.9 Å². The minimum Gasteiger partial charge on any atom is -0.396 e. The Morgan fingerprint density at radius 3 is 2.96 bits per heavy atom. The van der Waals surface area contributed by atoms with Gasteiger partial charge in [-0.05, 0) is 35.7 Å². The van der Waals surface area contributed by atoms with Crippen molar-refractivity contribution in [1.82, 2.24) is 14.9 Å². The third kappa shape index (κ3) is 3.99. The first-order valence-corrected chi connectivity index (χ1v) is 8.82. The van der Waals surface area contributed by atoms with Crippen LogP contribution >= 0.6 is 11.3 Å². The molecule has 1 fully saturated rings. The first-order valence-electron chi connectivity index (χ1n) is 7.88. The number of aryl methyl sites for hydroxylation is 1. The molecule has 1 aliphatic heterocycles. The molecule has 6 nitrogen and oxygen atoms in total. The molecule has 0 spiro atoms. The quantitative estimate of drug-likeness (QED) is 0.863. The zero-order valence-corrected chi connectivity index (χ0v) is 14.2. The highest BCUT2D eigenvalue weighted by Crippen LogP contribution is 2.22. The van der Waals surface area contributed by atoms with Gasteiger partial charge in [0.15, 0.2) is 0 Å². The average molecular weight is 333 g/mol. The van der Waals surface area contributed by atoms with Crippen LogP contribution in [-0.4, -0.2) is 52.3 Å². The molecular formula is C16H23N5OS. The largest absolute Gasteiger partial charge is 0.396 e. The van der Waals surface area contributed by atoms with Crippen LogP contribution in [-0.2, 0) is 6.54 Å². The van der Waals surface area contributed by atoms with Gasteiger partial charge in [0.1, 0.15) is 5.82 Å². The van der Waals surface area contributed by atoms with Gasteiger partial charge in [0.05, 0.1) is 0 Å². The van der Waals surface area contributed by atoms with E-state index in [2.05, 4.69) is 36.6 Å². The zero-order valence-electron chi connectivity index (χ0n) is 13.4. The standard InChI is InChI=1S/C16H23N5OS/c1-12-8-15(19-16(17)18-12)21-5-4-20(14(10-21)2-6-22)9-13-3-7-23-11-13/h3,7-8,11,14,22H,2,4-6,9-10H2,1H3,(H2,17,18,19)/t14-/m1/s1. The summed E-state index contributed by atoms with van der Waals surface area (Å²) in [5.74, 6) is 1.20. The number of anilines is 2. The van der Waals surface area contributed by atoms with Gasteiger partial charge < -0.3 is 15.7 Å². The zero-order chi connectivity index (χ0) is 16.2. The number of rotatable bonds is 5. The maximum atomic E-state index is 9.42. The molecule has 3 rings (SSSR count). The Balaban J connectivity index is 1.72. The highest BCUT2D eigenvalue weighted by molar-refractivity contribution is 7.07. The molecule has 2 aromatic heterocycles. The van der Waals surface area contributed by atoms with Crippen LogP contribution in [0.2, 0.25) is 0 Å². The lowest BCUT2D eigenvalue weighted by Gasteiger charge is -2.42. The fourth-order valence-electron chi connectivity index (χ4n) is 3.09. The Morgan fingerprint density at radius 1 is 1.39 bits per heavy atom. The number of nitrogens with zero attached hydrogens (tertiary/aromatic N) is 4. The third-order valence-electron chi connectivity index (χ3n) is 4.21. The predicted molar refractivity (Wildman–Crippen MR) is 93.6 cm³/mol. The summed E-state index contributed by atoms with van der Waals surface area (Å²) in [5, 5.41) is 13.7. The number of hydrogen-bond acceptors (Lipinski definition) is 7. The van der Waals surface area contributed by atoms with Crippen molar-refractivity contribution in [2.24, 2.45) is 0 Å². The Morgan fingerprint density at radius 2 is 2.26 bits per heavy atom. The SMILES string of the molecule is Cc1cc(N2CCN(Cc3ccsc3)[C@H](CCO)C2)nc(N)n1. The van der Waals surface area contributed by atoms with Crippen molar-refractivity contribution in [1.29, 1.82) is 0 Å². The first kappa shape index (κ1) is 16.2. The van der Waals surface area contributed by atoms with Crippen molar-refractivity contribution in [2.45, 2.75) is 25.9 Å². The summed E-state index contributed by atoms with van der Waals surface area (Å²) in [5.41, 5.74) is 8.00. The van der Waals surface area contributed by atoms with E-state index in [1.54, 1.807) is 11.3 Å². The minimum atomic E-state index is 0.198. The van der Waals surface area contributed by atoms with Gasteiger partial charge in [-0.1, -0.05) is 0 Å². The average Bonchev–Trinajstić information content (AvgIpc) is 3.01. The van der Waals surface area contributed by atoms with Crippen molar-refractivity contribution < 1.29 is 5.11 Å². The van der Waals surface area contributed by atoms with E-state index in [1.165, 1.54) is 5.56 Å². The topological polar surface area (TPSA) is 78.5 Å². The number of nitrogens with two attached hydrogens (primary N) is 1. The Kier molecular flexibility index (Phi) is 5.09. The summed E-state index contributed by atoms with van der Waals surface area (Å²) >= 11 is 1.73. The summed E-state index contributed by atoms with van der Waals surface area (Å²) in [6.45, 7) is 5.77. The molecule has 124 valence electrons. The molecule has 1 atom stereocenters. The van der Waals surface area contributed by atoms with Crippen molar-refractivity contribution in [3.63, 3.8) is 0 Å². The van der Waals surface area contributed by atoms with Gasteiger partial charge in [0.2, 0.25) is 5.95 Å². The van der Waals surface area contributed by atoms with E-state index in [9.17, 15) is 5.11 Å². The number of aromatic nitrogens is 2. The van der Waals surface area contributed by atoms with Crippen LogP contribution in [0.25, 0.3) is 0 Å². The van der Waals surface area contributed by atoms with E-state index >= 15 is 0 Å². The second-order valence-electron chi connectivity index (χ2n) is 5.94. The van der Waals surface area contributed by atoms with Crippen LogP contribution in [0, 0.1) is 6.92 Å². The fourth-order valence-corrected chi connectivity index (χ4v) is 3.75. The molecule has 0 saturated carbocycles. The van der Waals surface area contributed by atoms with Crippen LogP contribution < -0.4 is 10.6 Å². The highest BCUT2D eigenvalue weighted by atomic mass is 32.1. The molecule has 3 N–H and O–H groups in total. The Hall–Kier alpha value is -1.70. The van der Waals surface area contributed by atoms with Crippen molar-refractivity contribution >= 4 is 23.1 Å². The summed E-state index contributed by atoms with van der Waals surface area (Å²) in [4.78, 5) is 13.2. The van der Waals surface area contributed by atoms with Crippen LogP contribution in [0.15, 0.2) is 22.9 Å². The number of aliphatic hydroxyl groups is 1. The van der Waals surface area contributed by atoms with Gasteiger partial charge in [-0.25, -0.2) is 4.98 Å². The molecule has 1 aliphatic rings. The molecule has 0 bridgehead atoms. The molecule has 0 aromatic carbocycles. The highest BCUT2D eigenvalue weighted by Gasteiger charge is 2.27. The lowest BCUT2D eigenvalue weighted by molar-refractivity contribution is 0.135. The number of aliphatic hydroxyl groups excluding tert-OH is 1. The molecule has 2 aromatic rings. The monoisotopic (exact) mass is 333 g/mol.